The van der Waals surface area contributed by atoms with Crippen molar-refractivity contribution in [3.63, 3.8) is 0 Å². The Morgan fingerprint density at radius 2 is 2.12 bits per heavy atom. The zero-order valence-corrected chi connectivity index (χ0v) is 13.7. The number of nitrogens with zero attached hydrogens (tertiary/aromatic N) is 1. The average Bonchev–Trinajstić information content (AvgIpc) is 2.54. The van der Waals surface area contributed by atoms with E-state index in [1.54, 1.807) is 0 Å². The third kappa shape index (κ3) is 2.54. The van der Waals surface area contributed by atoms with Gasteiger partial charge in [-0.05, 0) is 42.5 Å². The maximum absolute atomic E-state index is 12.1. The van der Waals surface area contributed by atoms with Crippen molar-refractivity contribution in [2.45, 2.75) is 26.2 Å². The summed E-state index contributed by atoms with van der Waals surface area (Å²) in [5.74, 6) is -1.87. The van der Waals surface area contributed by atoms with Crippen molar-refractivity contribution >= 4 is 11.7 Å². The van der Waals surface area contributed by atoms with E-state index >= 15 is 0 Å². The number of pyridine rings is 1. The highest BCUT2D eigenvalue weighted by Crippen LogP contribution is 2.34. The lowest BCUT2D eigenvalue weighted by molar-refractivity contribution is 0.0691. The monoisotopic (exact) mass is 328 g/mol. The smallest absolute Gasteiger partial charge is 0.345 e. The van der Waals surface area contributed by atoms with Crippen molar-refractivity contribution in [2.75, 3.05) is 18.5 Å². The van der Waals surface area contributed by atoms with Gasteiger partial charge >= 0.3 is 5.97 Å². The molecule has 1 aromatic heterocycles. The van der Waals surface area contributed by atoms with Gasteiger partial charge in [0.15, 0.2) is 5.56 Å². The van der Waals surface area contributed by atoms with Crippen LogP contribution in [0.5, 0.6) is 5.75 Å². The minimum Gasteiger partial charge on any atom is -0.506 e. The number of carbonyl (C=O) groups is 1. The Balaban J connectivity index is 2.20. The molecule has 2 aromatic rings. The van der Waals surface area contributed by atoms with Crippen LogP contribution < -0.4 is 10.5 Å². The van der Waals surface area contributed by atoms with Gasteiger partial charge in [-0.15, -0.1) is 0 Å². The molecular formula is C18H20N2O4. The predicted octanol–water partition coefficient (Wildman–Crippen LogP) is 2.39. The molecule has 1 aromatic carbocycles. The number of aryl methyl sites for hydroxylation is 1. The van der Waals surface area contributed by atoms with Crippen LogP contribution in [0.3, 0.4) is 0 Å². The number of rotatable bonds is 3. The number of hydrogen-bond donors (Lipinski definition) is 3. The number of aromatic carboxylic acids is 1. The number of anilines is 1. The van der Waals surface area contributed by atoms with Gasteiger partial charge in [-0.2, -0.15) is 0 Å². The van der Waals surface area contributed by atoms with Gasteiger partial charge in [0.25, 0.3) is 5.56 Å². The molecule has 2 heterocycles. The van der Waals surface area contributed by atoms with E-state index in [9.17, 15) is 14.7 Å². The quantitative estimate of drug-likeness (QED) is 0.804. The Bertz CT molecular complexity index is 870. The maximum atomic E-state index is 12.1. The number of benzene rings is 1. The highest BCUT2D eigenvalue weighted by atomic mass is 16.4. The van der Waals surface area contributed by atoms with Crippen LogP contribution in [-0.2, 0) is 12.8 Å². The molecule has 3 N–H and O–H groups in total. The van der Waals surface area contributed by atoms with Gasteiger partial charge in [-0.1, -0.05) is 13.0 Å². The van der Waals surface area contributed by atoms with E-state index < -0.39 is 22.8 Å². The molecule has 0 amide bonds. The molecule has 0 saturated carbocycles. The molecule has 24 heavy (non-hydrogen) atoms. The molecule has 0 aliphatic carbocycles. The third-order valence-electron chi connectivity index (χ3n) is 4.58. The Labute approximate surface area is 139 Å². The second-order valence-electron chi connectivity index (χ2n) is 6.06. The largest absolute Gasteiger partial charge is 0.506 e. The van der Waals surface area contributed by atoms with Gasteiger partial charge in [-0.25, -0.2) is 4.79 Å². The van der Waals surface area contributed by atoms with Crippen molar-refractivity contribution in [3.05, 3.63) is 45.2 Å². The van der Waals surface area contributed by atoms with Gasteiger partial charge in [0.05, 0.1) is 5.69 Å². The summed E-state index contributed by atoms with van der Waals surface area (Å²) in [6, 6.07) is 5.91. The summed E-state index contributed by atoms with van der Waals surface area (Å²) in [7, 11) is 2.05. The van der Waals surface area contributed by atoms with Crippen LogP contribution in [0.2, 0.25) is 0 Å². The van der Waals surface area contributed by atoms with Crippen LogP contribution in [0.4, 0.5) is 5.69 Å². The first-order valence-electron chi connectivity index (χ1n) is 7.99. The van der Waals surface area contributed by atoms with E-state index in [4.69, 9.17) is 5.11 Å². The maximum Gasteiger partial charge on any atom is 0.345 e. The first kappa shape index (κ1) is 16.1. The van der Waals surface area contributed by atoms with Crippen molar-refractivity contribution in [3.8, 4) is 17.0 Å². The second-order valence-corrected chi connectivity index (χ2v) is 6.06. The molecule has 0 radical (unpaired) electrons. The van der Waals surface area contributed by atoms with E-state index in [-0.39, 0.29) is 0 Å². The SMILES string of the molecule is CCc1c(-c2ccc3c(c2)CCCN3C)[nH]c(=O)c(C(=O)O)c1O. The lowest BCUT2D eigenvalue weighted by atomic mass is 9.95. The topological polar surface area (TPSA) is 93.6 Å². The first-order chi connectivity index (χ1) is 11.4. The van der Waals surface area contributed by atoms with Gasteiger partial charge in [-0.3, -0.25) is 4.79 Å². The Hall–Kier alpha value is -2.76. The van der Waals surface area contributed by atoms with E-state index in [0.29, 0.717) is 17.7 Å². The molecule has 0 spiro atoms. The molecule has 1 aliphatic heterocycles. The molecule has 6 heteroatoms. The second kappa shape index (κ2) is 6.03. The van der Waals surface area contributed by atoms with Gasteiger partial charge < -0.3 is 20.1 Å². The fraction of sp³-hybridized carbons (Fsp3) is 0.333. The van der Waals surface area contributed by atoms with Crippen LogP contribution in [0, 0.1) is 0 Å². The lowest BCUT2D eigenvalue weighted by Gasteiger charge is -2.28. The molecule has 0 fully saturated rings. The number of hydrogen-bond acceptors (Lipinski definition) is 4. The number of nitrogens with one attached hydrogen (secondary N) is 1. The van der Waals surface area contributed by atoms with E-state index in [0.717, 1.165) is 30.6 Å². The normalized spacial score (nSPS) is 13.7. The number of fused-ring (bicyclic) bond motifs is 1. The number of carboxylic acid groups (broad SMARTS) is 1. The lowest BCUT2D eigenvalue weighted by Crippen LogP contribution is -2.24. The zero-order valence-electron chi connectivity index (χ0n) is 13.7. The van der Waals surface area contributed by atoms with E-state index in [2.05, 4.69) is 9.88 Å². The molecule has 3 rings (SSSR count). The molecule has 0 atom stereocenters. The minimum absolute atomic E-state index is 0.412. The number of carboxylic acids is 1. The summed E-state index contributed by atoms with van der Waals surface area (Å²) in [6.07, 6.45) is 2.43. The fourth-order valence-electron chi connectivity index (χ4n) is 3.36. The summed E-state index contributed by atoms with van der Waals surface area (Å²) in [5, 5.41) is 19.4. The van der Waals surface area contributed by atoms with Crippen LogP contribution in [0.1, 0.15) is 34.8 Å². The van der Waals surface area contributed by atoms with Crippen LogP contribution in [0.25, 0.3) is 11.3 Å². The zero-order chi connectivity index (χ0) is 17.4. The van der Waals surface area contributed by atoms with Crippen molar-refractivity contribution in [2.24, 2.45) is 0 Å². The van der Waals surface area contributed by atoms with E-state index in [1.165, 1.54) is 5.56 Å². The minimum atomic E-state index is -1.43. The molecule has 0 bridgehead atoms. The predicted molar refractivity (Wildman–Crippen MR) is 92.1 cm³/mol. The van der Waals surface area contributed by atoms with Crippen molar-refractivity contribution in [1.82, 2.24) is 4.98 Å². The Kier molecular flexibility index (Phi) is 4.05. The first-order valence-corrected chi connectivity index (χ1v) is 7.99. The summed E-state index contributed by atoms with van der Waals surface area (Å²) in [5.41, 5.74) is 2.67. The summed E-state index contributed by atoms with van der Waals surface area (Å²) < 4.78 is 0. The highest BCUT2D eigenvalue weighted by Gasteiger charge is 2.22. The van der Waals surface area contributed by atoms with Crippen LogP contribution >= 0.6 is 0 Å². The standard InChI is InChI=1S/C18H20N2O4/c1-3-12-15(19-17(22)14(16(12)21)18(23)24)11-6-7-13-10(9-11)5-4-8-20(13)2/h6-7,9H,3-5,8H2,1-2H3,(H,23,24)(H2,19,21,22). The number of aromatic amines is 1. The molecule has 1 aliphatic rings. The van der Waals surface area contributed by atoms with Gasteiger partial charge in [0, 0.05) is 24.8 Å². The van der Waals surface area contributed by atoms with Gasteiger partial charge in [0.1, 0.15) is 5.75 Å². The molecule has 126 valence electrons. The van der Waals surface area contributed by atoms with Crippen molar-refractivity contribution in [1.29, 1.82) is 0 Å². The van der Waals surface area contributed by atoms with E-state index in [1.807, 2.05) is 32.2 Å². The van der Waals surface area contributed by atoms with Crippen LogP contribution in [-0.4, -0.2) is 34.8 Å². The number of aromatic hydroxyl groups is 1. The average molecular weight is 328 g/mol. The molecule has 0 saturated heterocycles. The molecule has 6 nitrogen and oxygen atoms in total. The Morgan fingerprint density at radius 1 is 1.38 bits per heavy atom. The Morgan fingerprint density at radius 3 is 2.79 bits per heavy atom. The van der Waals surface area contributed by atoms with Crippen LogP contribution in [0.15, 0.2) is 23.0 Å². The van der Waals surface area contributed by atoms with Crippen molar-refractivity contribution < 1.29 is 15.0 Å². The van der Waals surface area contributed by atoms with Gasteiger partial charge in [0.2, 0.25) is 0 Å². The third-order valence-corrected chi connectivity index (χ3v) is 4.58. The molecular weight excluding hydrogens is 308 g/mol. The summed E-state index contributed by atoms with van der Waals surface area (Å²) in [4.78, 5) is 28.1. The number of aromatic nitrogens is 1. The highest BCUT2D eigenvalue weighted by molar-refractivity contribution is 5.92. The molecule has 0 unspecified atom stereocenters. The fourth-order valence-corrected chi connectivity index (χ4v) is 3.36. The summed E-state index contributed by atoms with van der Waals surface area (Å²) >= 11 is 0. The number of H-pyrrole nitrogens is 1. The summed E-state index contributed by atoms with van der Waals surface area (Å²) in [6.45, 7) is 2.83.